The standard InChI is InChI=1S/C12H17N3O2S/c1-2-12(14)8-15-18(16,17)9-11-5-3-10(7-13)4-6-11/h3-6,12,15H,2,8-9,14H2,1H3. The van der Waals surface area contributed by atoms with Crippen LogP contribution in [0.5, 0.6) is 0 Å². The Morgan fingerprint density at radius 2 is 2.00 bits per heavy atom. The van der Waals surface area contributed by atoms with E-state index in [4.69, 9.17) is 11.0 Å². The van der Waals surface area contributed by atoms with Crippen molar-refractivity contribution in [3.63, 3.8) is 0 Å². The molecule has 0 saturated heterocycles. The van der Waals surface area contributed by atoms with Gasteiger partial charge in [-0.1, -0.05) is 19.1 Å². The molecule has 0 aliphatic carbocycles. The minimum atomic E-state index is -3.37. The van der Waals surface area contributed by atoms with Crippen LogP contribution in [-0.2, 0) is 15.8 Å². The topological polar surface area (TPSA) is 96.0 Å². The quantitative estimate of drug-likeness (QED) is 0.793. The van der Waals surface area contributed by atoms with Crippen LogP contribution < -0.4 is 10.5 Å². The summed E-state index contributed by atoms with van der Waals surface area (Å²) in [5.74, 6) is -0.102. The van der Waals surface area contributed by atoms with Crippen molar-refractivity contribution >= 4 is 10.0 Å². The van der Waals surface area contributed by atoms with E-state index in [9.17, 15) is 8.42 Å². The van der Waals surface area contributed by atoms with Gasteiger partial charge < -0.3 is 5.73 Å². The molecule has 18 heavy (non-hydrogen) atoms. The summed E-state index contributed by atoms with van der Waals surface area (Å²) in [5, 5.41) is 8.64. The van der Waals surface area contributed by atoms with Crippen LogP contribution >= 0.6 is 0 Å². The maximum absolute atomic E-state index is 11.7. The van der Waals surface area contributed by atoms with E-state index in [1.807, 2.05) is 13.0 Å². The minimum Gasteiger partial charge on any atom is -0.327 e. The van der Waals surface area contributed by atoms with Crippen LogP contribution in [0.15, 0.2) is 24.3 Å². The van der Waals surface area contributed by atoms with Gasteiger partial charge in [0.25, 0.3) is 0 Å². The Labute approximate surface area is 108 Å². The first-order valence-electron chi connectivity index (χ1n) is 5.69. The highest BCUT2D eigenvalue weighted by atomic mass is 32.2. The lowest BCUT2D eigenvalue weighted by Crippen LogP contribution is -2.37. The van der Waals surface area contributed by atoms with Gasteiger partial charge in [0.2, 0.25) is 10.0 Å². The second kappa shape index (κ2) is 6.50. The van der Waals surface area contributed by atoms with Crippen molar-refractivity contribution in [3.05, 3.63) is 35.4 Å². The monoisotopic (exact) mass is 267 g/mol. The van der Waals surface area contributed by atoms with E-state index in [2.05, 4.69) is 4.72 Å². The smallest absolute Gasteiger partial charge is 0.215 e. The van der Waals surface area contributed by atoms with Crippen LogP contribution in [0.2, 0.25) is 0 Å². The first-order chi connectivity index (χ1) is 8.46. The SMILES string of the molecule is CCC(N)CNS(=O)(=O)Cc1ccc(C#N)cc1. The molecule has 1 atom stereocenters. The lowest BCUT2D eigenvalue weighted by molar-refractivity contribution is 0.563. The van der Waals surface area contributed by atoms with Crippen LogP contribution in [-0.4, -0.2) is 21.0 Å². The fourth-order valence-corrected chi connectivity index (χ4v) is 2.53. The normalized spacial score (nSPS) is 12.9. The van der Waals surface area contributed by atoms with E-state index >= 15 is 0 Å². The molecule has 1 unspecified atom stereocenters. The first kappa shape index (κ1) is 14.6. The fraction of sp³-hybridized carbons (Fsp3) is 0.417. The summed E-state index contributed by atoms with van der Waals surface area (Å²) < 4.78 is 26.0. The molecule has 0 saturated carbocycles. The average molecular weight is 267 g/mol. The number of nitriles is 1. The van der Waals surface area contributed by atoms with Crippen molar-refractivity contribution in [1.82, 2.24) is 4.72 Å². The van der Waals surface area contributed by atoms with Crippen LogP contribution in [0, 0.1) is 11.3 Å². The van der Waals surface area contributed by atoms with E-state index in [1.54, 1.807) is 24.3 Å². The van der Waals surface area contributed by atoms with E-state index in [-0.39, 0.29) is 18.3 Å². The largest absolute Gasteiger partial charge is 0.327 e. The summed E-state index contributed by atoms with van der Waals surface area (Å²) in [7, 11) is -3.37. The molecule has 1 aromatic carbocycles. The second-order valence-corrected chi connectivity index (χ2v) is 5.89. The number of rotatable bonds is 6. The molecular weight excluding hydrogens is 250 g/mol. The van der Waals surface area contributed by atoms with Gasteiger partial charge in [-0.05, 0) is 24.1 Å². The Balaban J connectivity index is 2.62. The molecule has 3 N–H and O–H groups in total. The number of sulfonamides is 1. The molecule has 0 spiro atoms. The van der Waals surface area contributed by atoms with Gasteiger partial charge in [-0.25, -0.2) is 13.1 Å². The minimum absolute atomic E-state index is 0.102. The predicted octanol–water partition coefficient (Wildman–Crippen LogP) is 0.715. The van der Waals surface area contributed by atoms with Gasteiger partial charge >= 0.3 is 0 Å². The Morgan fingerprint density at radius 1 is 1.39 bits per heavy atom. The van der Waals surface area contributed by atoms with E-state index in [1.165, 1.54) is 0 Å². The maximum atomic E-state index is 11.7. The molecule has 0 radical (unpaired) electrons. The van der Waals surface area contributed by atoms with Gasteiger partial charge in [0.15, 0.2) is 0 Å². The van der Waals surface area contributed by atoms with Crippen molar-refractivity contribution in [2.24, 2.45) is 5.73 Å². The molecular formula is C12H17N3O2S. The van der Waals surface area contributed by atoms with Crippen molar-refractivity contribution in [3.8, 4) is 6.07 Å². The Morgan fingerprint density at radius 3 is 2.50 bits per heavy atom. The summed E-state index contributed by atoms with van der Waals surface area (Å²) in [6, 6.07) is 8.29. The van der Waals surface area contributed by atoms with Gasteiger partial charge in [0, 0.05) is 12.6 Å². The molecule has 0 heterocycles. The summed E-state index contributed by atoms with van der Waals surface area (Å²) in [6.07, 6.45) is 0.722. The summed E-state index contributed by atoms with van der Waals surface area (Å²) in [6.45, 7) is 2.15. The molecule has 6 heteroatoms. The Hall–Kier alpha value is -1.42. The van der Waals surface area contributed by atoms with Crippen molar-refractivity contribution in [2.45, 2.75) is 25.1 Å². The molecule has 1 rings (SSSR count). The summed E-state index contributed by atoms with van der Waals surface area (Å²) in [4.78, 5) is 0. The third-order valence-electron chi connectivity index (χ3n) is 2.53. The van der Waals surface area contributed by atoms with Gasteiger partial charge in [-0.15, -0.1) is 0 Å². The number of hydrogen-bond donors (Lipinski definition) is 2. The third-order valence-corrected chi connectivity index (χ3v) is 3.85. The van der Waals surface area contributed by atoms with Crippen molar-refractivity contribution in [2.75, 3.05) is 6.54 Å². The molecule has 0 bridgehead atoms. The lowest BCUT2D eigenvalue weighted by Gasteiger charge is -2.11. The van der Waals surface area contributed by atoms with E-state index in [0.29, 0.717) is 11.1 Å². The zero-order chi connectivity index (χ0) is 13.6. The van der Waals surface area contributed by atoms with Gasteiger partial charge in [0.05, 0.1) is 17.4 Å². The highest BCUT2D eigenvalue weighted by Gasteiger charge is 2.12. The fourth-order valence-electron chi connectivity index (χ4n) is 1.32. The average Bonchev–Trinajstić information content (AvgIpc) is 2.36. The summed E-state index contributed by atoms with van der Waals surface area (Å²) in [5.41, 5.74) is 6.80. The third kappa shape index (κ3) is 4.84. The number of nitrogens with two attached hydrogens (primary N) is 1. The Bertz CT molecular complexity index is 517. The lowest BCUT2D eigenvalue weighted by atomic mass is 10.2. The van der Waals surface area contributed by atoms with Crippen LogP contribution in [0.25, 0.3) is 0 Å². The number of benzene rings is 1. The number of nitrogens with zero attached hydrogens (tertiary/aromatic N) is 1. The molecule has 0 fully saturated rings. The first-order valence-corrected chi connectivity index (χ1v) is 7.34. The van der Waals surface area contributed by atoms with Crippen LogP contribution in [0.4, 0.5) is 0 Å². The second-order valence-electron chi connectivity index (χ2n) is 4.08. The highest BCUT2D eigenvalue weighted by molar-refractivity contribution is 7.88. The highest BCUT2D eigenvalue weighted by Crippen LogP contribution is 2.07. The number of nitrogens with one attached hydrogen (secondary N) is 1. The zero-order valence-electron chi connectivity index (χ0n) is 10.3. The molecule has 0 aliphatic heterocycles. The van der Waals surface area contributed by atoms with Crippen molar-refractivity contribution in [1.29, 1.82) is 5.26 Å². The maximum Gasteiger partial charge on any atom is 0.215 e. The van der Waals surface area contributed by atoms with Gasteiger partial charge in [0.1, 0.15) is 0 Å². The molecule has 1 aromatic rings. The van der Waals surface area contributed by atoms with Crippen LogP contribution in [0.3, 0.4) is 0 Å². The van der Waals surface area contributed by atoms with Gasteiger partial charge in [-0.3, -0.25) is 0 Å². The van der Waals surface area contributed by atoms with Gasteiger partial charge in [-0.2, -0.15) is 5.26 Å². The van der Waals surface area contributed by atoms with E-state index < -0.39 is 10.0 Å². The molecule has 0 amide bonds. The zero-order valence-corrected chi connectivity index (χ0v) is 11.1. The molecule has 0 aliphatic rings. The molecule has 0 aromatic heterocycles. The molecule has 5 nitrogen and oxygen atoms in total. The van der Waals surface area contributed by atoms with Crippen molar-refractivity contribution < 1.29 is 8.42 Å². The summed E-state index contributed by atoms with van der Waals surface area (Å²) >= 11 is 0. The predicted molar refractivity (Wildman–Crippen MR) is 70.0 cm³/mol. The van der Waals surface area contributed by atoms with E-state index in [0.717, 1.165) is 6.42 Å². The Kier molecular flexibility index (Phi) is 5.28. The van der Waals surface area contributed by atoms with Crippen LogP contribution in [0.1, 0.15) is 24.5 Å². The molecule has 98 valence electrons. The number of hydrogen-bond acceptors (Lipinski definition) is 4.